The average Bonchev–Trinajstić information content (AvgIpc) is 3.00. The fourth-order valence-electron chi connectivity index (χ4n) is 2.69. The van der Waals surface area contributed by atoms with E-state index in [0.29, 0.717) is 18.7 Å². The highest BCUT2D eigenvalue weighted by atomic mass is 16.5. The van der Waals surface area contributed by atoms with Gasteiger partial charge in [-0.2, -0.15) is 0 Å². The second-order valence-corrected chi connectivity index (χ2v) is 5.35. The summed E-state index contributed by atoms with van der Waals surface area (Å²) in [5, 5.41) is 0. The molecular weight excluding hydrogens is 280 g/mol. The summed E-state index contributed by atoms with van der Waals surface area (Å²) < 4.78 is 7.12. The molecule has 0 unspecified atom stereocenters. The highest BCUT2D eigenvalue weighted by Gasteiger charge is 2.23. The van der Waals surface area contributed by atoms with Gasteiger partial charge in [-0.05, 0) is 24.3 Å². The second-order valence-electron chi connectivity index (χ2n) is 5.35. The quantitative estimate of drug-likeness (QED) is 0.859. The number of imidazole rings is 1. The summed E-state index contributed by atoms with van der Waals surface area (Å²) in [6.07, 6.45) is 3.73. The smallest absolute Gasteiger partial charge is 0.253 e. The predicted molar refractivity (Wildman–Crippen MR) is 84.3 cm³/mol. The van der Waals surface area contributed by atoms with Crippen LogP contribution in [0.25, 0.3) is 0 Å². The Balaban J connectivity index is 1.63. The van der Waals surface area contributed by atoms with E-state index >= 15 is 0 Å². The van der Waals surface area contributed by atoms with Gasteiger partial charge in [0.2, 0.25) is 5.95 Å². The lowest BCUT2D eigenvalue weighted by atomic mass is 10.1. The van der Waals surface area contributed by atoms with E-state index < -0.39 is 0 Å². The van der Waals surface area contributed by atoms with Gasteiger partial charge in [-0.1, -0.05) is 0 Å². The highest BCUT2D eigenvalue weighted by Crippen LogP contribution is 2.16. The summed E-state index contributed by atoms with van der Waals surface area (Å²) >= 11 is 0. The van der Waals surface area contributed by atoms with Crippen LogP contribution in [0, 0.1) is 0 Å². The van der Waals surface area contributed by atoms with Crippen LogP contribution in [0.2, 0.25) is 0 Å². The molecule has 1 aliphatic rings. The molecule has 2 heterocycles. The molecule has 0 saturated carbocycles. The SMILES string of the molecule is COc1ccc(C(=O)N2CCN(c3nccn3C)CC2)cc1. The lowest BCUT2D eigenvalue weighted by molar-refractivity contribution is 0.0746. The number of rotatable bonds is 3. The minimum Gasteiger partial charge on any atom is -0.497 e. The van der Waals surface area contributed by atoms with Crippen molar-refractivity contribution in [2.75, 3.05) is 38.2 Å². The van der Waals surface area contributed by atoms with Crippen LogP contribution in [-0.2, 0) is 7.05 Å². The molecule has 1 aromatic carbocycles. The van der Waals surface area contributed by atoms with Crippen molar-refractivity contribution in [2.24, 2.45) is 7.05 Å². The lowest BCUT2D eigenvalue weighted by Crippen LogP contribution is -2.49. The van der Waals surface area contributed by atoms with Crippen LogP contribution >= 0.6 is 0 Å². The van der Waals surface area contributed by atoms with Gasteiger partial charge >= 0.3 is 0 Å². The minimum absolute atomic E-state index is 0.0714. The number of anilines is 1. The molecule has 0 aliphatic carbocycles. The van der Waals surface area contributed by atoms with E-state index in [1.165, 1.54) is 0 Å². The molecule has 116 valence electrons. The van der Waals surface area contributed by atoms with Gasteiger partial charge < -0.3 is 19.1 Å². The maximum atomic E-state index is 12.5. The van der Waals surface area contributed by atoms with Crippen molar-refractivity contribution in [1.29, 1.82) is 0 Å². The molecule has 0 bridgehead atoms. The Labute approximate surface area is 129 Å². The van der Waals surface area contributed by atoms with E-state index in [9.17, 15) is 4.79 Å². The molecule has 3 rings (SSSR count). The molecule has 22 heavy (non-hydrogen) atoms. The minimum atomic E-state index is 0.0714. The predicted octanol–water partition coefficient (Wildman–Crippen LogP) is 1.39. The Morgan fingerprint density at radius 1 is 1.14 bits per heavy atom. The van der Waals surface area contributed by atoms with Crippen molar-refractivity contribution in [3.63, 3.8) is 0 Å². The zero-order valence-corrected chi connectivity index (χ0v) is 12.9. The summed E-state index contributed by atoms with van der Waals surface area (Å²) in [4.78, 5) is 21.0. The number of amides is 1. The Morgan fingerprint density at radius 2 is 1.82 bits per heavy atom. The van der Waals surface area contributed by atoms with Gasteiger partial charge in [-0.25, -0.2) is 4.98 Å². The third-order valence-corrected chi connectivity index (χ3v) is 3.98. The lowest BCUT2D eigenvalue weighted by Gasteiger charge is -2.35. The number of nitrogens with zero attached hydrogens (tertiary/aromatic N) is 4. The Morgan fingerprint density at radius 3 is 2.36 bits per heavy atom. The van der Waals surface area contributed by atoms with Crippen LogP contribution < -0.4 is 9.64 Å². The molecule has 1 fully saturated rings. The van der Waals surface area contributed by atoms with Crippen LogP contribution in [0.4, 0.5) is 5.95 Å². The van der Waals surface area contributed by atoms with E-state index in [1.807, 2.05) is 47.0 Å². The summed E-state index contributed by atoms with van der Waals surface area (Å²) in [6.45, 7) is 3.01. The van der Waals surface area contributed by atoms with E-state index in [0.717, 1.165) is 24.8 Å². The number of methoxy groups -OCH3 is 1. The zero-order chi connectivity index (χ0) is 15.5. The molecule has 1 amide bonds. The van der Waals surface area contributed by atoms with E-state index in [2.05, 4.69) is 9.88 Å². The van der Waals surface area contributed by atoms with E-state index in [-0.39, 0.29) is 5.91 Å². The van der Waals surface area contributed by atoms with Crippen LogP contribution in [-0.4, -0.2) is 53.6 Å². The fourth-order valence-corrected chi connectivity index (χ4v) is 2.69. The third-order valence-electron chi connectivity index (χ3n) is 3.98. The Bertz CT molecular complexity index is 642. The molecule has 1 saturated heterocycles. The van der Waals surface area contributed by atoms with Crippen molar-refractivity contribution < 1.29 is 9.53 Å². The first-order chi connectivity index (χ1) is 10.7. The van der Waals surface area contributed by atoms with Gasteiger partial charge in [-0.15, -0.1) is 0 Å². The first kappa shape index (κ1) is 14.4. The number of aryl methyl sites for hydroxylation is 1. The normalized spacial score (nSPS) is 15.0. The van der Waals surface area contributed by atoms with Gasteiger partial charge in [0.15, 0.2) is 0 Å². The molecule has 6 heteroatoms. The van der Waals surface area contributed by atoms with Crippen LogP contribution in [0.3, 0.4) is 0 Å². The first-order valence-electron chi connectivity index (χ1n) is 7.34. The molecular formula is C16H20N4O2. The number of carbonyl (C=O) groups is 1. The molecule has 1 aromatic heterocycles. The third kappa shape index (κ3) is 2.77. The number of hydrogen-bond acceptors (Lipinski definition) is 4. The van der Waals surface area contributed by atoms with Crippen molar-refractivity contribution in [2.45, 2.75) is 0 Å². The van der Waals surface area contributed by atoms with Crippen molar-refractivity contribution in [3.8, 4) is 5.75 Å². The topological polar surface area (TPSA) is 50.6 Å². The van der Waals surface area contributed by atoms with Gasteiger partial charge in [0, 0.05) is 51.2 Å². The van der Waals surface area contributed by atoms with Crippen LogP contribution in [0.1, 0.15) is 10.4 Å². The number of ether oxygens (including phenoxy) is 1. The molecule has 0 N–H and O–H groups in total. The maximum absolute atomic E-state index is 12.5. The molecule has 1 aliphatic heterocycles. The maximum Gasteiger partial charge on any atom is 0.253 e. The molecule has 0 atom stereocenters. The standard InChI is InChI=1S/C16H20N4O2/c1-18-8-7-17-16(18)20-11-9-19(10-12-20)15(21)13-3-5-14(22-2)6-4-13/h3-8H,9-12H2,1-2H3. The van der Waals surface area contributed by atoms with Gasteiger partial charge in [0.05, 0.1) is 7.11 Å². The fraction of sp³-hybridized carbons (Fsp3) is 0.375. The summed E-state index contributed by atoms with van der Waals surface area (Å²) in [6, 6.07) is 7.26. The number of aromatic nitrogens is 2. The number of carbonyl (C=O) groups excluding carboxylic acids is 1. The zero-order valence-electron chi connectivity index (χ0n) is 12.9. The summed E-state index contributed by atoms with van der Waals surface area (Å²) in [5.74, 6) is 1.79. The monoisotopic (exact) mass is 300 g/mol. The molecule has 0 spiro atoms. The van der Waals surface area contributed by atoms with Crippen molar-refractivity contribution in [3.05, 3.63) is 42.2 Å². The highest BCUT2D eigenvalue weighted by molar-refractivity contribution is 5.94. The Hall–Kier alpha value is -2.50. The first-order valence-corrected chi connectivity index (χ1v) is 7.34. The van der Waals surface area contributed by atoms with E-state index in [1.54, 1.807) is 13.3 Å². The van der Waals surface area contributed by atoms with Crippen LogP contribution in [0.15, 0.2) is 36.7 Å². The van der Waals surface area contributed by atoms with Gasteiger partial charge in [-0.3, -0.25) is 4.79 Å². The van der Waals surface area contributed by atoms with Crippen molar-refractivity contribution >= 4 is 11.9 Å². The van der Waals surface area contributed by atoms with Gasteiger partial charge in [0.1, 0.15) is 5.75 Å². The van der Waals surface area contributed by atoms with Gasteiger partial charge in [0.25, 0.3) is 5.91 Å². The number of piperazine rings is 1. The Kier molecular flexibility index (Phi) is 4.00. The summed E-state index contributed by atoms with van der Waals surface area (Å²) in [5.41, 5.74) is 0.700. The second kappa shape index (κ2) is 6.09. The largest absolute Gasteiger partial charge is 0.497 e. The molecule has 0 radical (unpaired) electrons. The van der Waals surface area contributed by atoms with Crippen LogP contribution in [0.5, 0.6) is 5.75 Å². The van der Waals surface area contributed by atoms with E-state index in [4.69, 9.17) is 4.74 Å². The molecule has 2 aromatic rings. The average molecular weight is 300 g/mol. The number of hydrogen-bond donors (Lipinski definition) is 0. The molecule has 6 nitrogen and oxygen atoms in total. The van der Waals surface area contributed by atoms with Crippen molar-refractivity contribution in [1.82, 2.24) is 14.5 Å². The summed E-state index contributed by atoms with van der Waals surface area (Å²) in [7, 11) is 3.60. The number of benzene rings is 1.